The highest BCUT2D eigenvalue weighted by Gasteiger charge is 1.95. The van der Waals surface area contributed by atoms with Gasteiger partial charge in [-0.25, -0.2) is 4.79 Å². The molecule has 1 rings (SSSR count). The van der Waals surface area contributed by atoms with Crippen molar-refractivity contribution in [2.45, 2.75) is 6.61 Å². The fourth-order valence-corrected chi connectivity index (χ4v) is 0.699. The molecule has 57 valence electrons. The minimum absolute atomic E-state index is 0.0899. The molecule has 0 aliphatic carbocycles. The average Bonchev–Trinajstić information content (AvgIpc) is 2.01. The van der Waals surface area contributed by atoms with Crippen molar-refractivity contribution < 1.29 is 14.3 Å². The van der Waals surface area contributed by atoms with Crippen molar-refractivity contribution in [2.75, 3.05) is 0 Å². The molecule has 4 nitrogen and oxygen atoms in total. The van der Waals surface area contributed by atoms with Crippen LogP contribution in [0.5, 0.6) is 0 Å². The van der Waals surface area contributed by atoms with Gasteiger partial charge >= 0.3 is 6.47 Å². The Morgan fingerprint density at radius 3 is 3.18 bits per heavy atom. The lowest BCUT2D eigenvalue weighted by Gasteiger charge is -1.97. The molecule has 4 heteroatoms. The van der Waals surface area contributed by atoms with Gasteiger partial charge in [0.1, 0.15) is 6.61 Å². The summed E-state index contributed by atoms with van der Waals surface area (Å²) in [5, 5.41) is 10.6. The SMILES string of the molecule is O=[C]OCc1ccc[n+]([O-])c1. The zero-order valence-electron chi connectivity index (χ0n) is 5.69. The Morgan fingerprint density at radius 1 is 1.73 bits per heavy atom. The van der Waals surface area contributed by atoms with E-state index in [4.69, 9.17) is 0 Å². The van der Waals surface area contributed by atoms with Gasteiger partial charge < -0.3 is 9.94 Å². The van der Waals surface area contributed by atoms with Crippen LogP contribution in [0.1, 0.15) is 5.56 Å². The van der Waals surface area contributed by atoms with Crippen molar-refractivity contribution in [1.29, 1.82) is 0 Å². The molecular formula is C7H6NO3. The second kappa shape index (κ2) is 3.55. The summed E-state index contributed by atoms with van der Waals surface area (Å²) < 4.78 is 4.96. The topological polar surface area (TPSA) is 53.2 Å². The van der Waals surface area contributed by atoms with E-state index in [1.807, 2.05) is 0 Å². The molecule has 1 heterocycles. The van der Waals surface area contributed by atoms with E-state index in [9.17, 15) is 10.0 Å². The largest absolute Gasteiger partial charge is 0.619 e. The summed E-state index contributed by atoms with van der Waals surface area (Å²) in [6.07, 6.45) is 2.69. The van der Waals surface area contributed by atoms with Crippen molar-refractivity contribution in [3.05, 3.63) is 35.3 Å². The first-order valence-electron chi connectivity index (χ1n) is 2.99. The Labute approximate surface area is 63.6 Å². The lowest BCUT2D eigenvalue weighted by molar-refractivity contribution is -0.606. The van der Waals surface area contributed by atoms with E-state index in [1.165, 1.54) is 18.9 Å². The number of rotatable bonds is 3. The smallest absolute Gasteiger partial charge is 0.417 e. The van der Waals surface area contributed by atoms with Gasteiger partial charge in [-0.15, -0.1) is 0 Å². The molecule has 0 bridgehead atoms. The molecule has 0 unspecified atom stereocenters. The summed E-state index contributed by atoms with van der Waals surface area (Å²) in [6.45, 7) is 1.36. The average molecular weight is 152 g/mol. The summed E-state index contributed by atoms with van der Waals surface area (Å²) >= 11 is 0. The molecule has 0 spiro atoms. The van der Waals surface area contributed by atoms with Crippen molar-refractivity contribution >= 4 is 6.47 Å². The van der Waals surface area contributed by atoms with Gasteiger partial charge in [0.05, 0.1) is 5.56 Å². The molecule has 0 amide bonds. The van der Waals surface area contributed by atoms with Crippen LogP contribution >= 0.6 is 0 Å². The molecule has 0 fully saturated rings. The zero-order valence-corrected chi connectivity index (χ0v) is 5.69. The quantitative estimate of drug-likeness (QED) is 0.449. The standard InChI is InChI=1S/C7H6NO3/c9-6-11-5-7-2-1-3-8(10)4-7/h1-4H,5H2. The van der Waals surface area contributed by atoms with Gasteiger partial charge in [-0.2, -0.15) is 4.73 Å². The van der Waals surface area contributed by atoms with Crippen molar-refractivity contribution in [1.82, 2.24) is 0 Å². The van der Waals surface area contributed by atoms with Crippen LogP contribution in [0.2, 0.25) is 0 Å². The Hall–Kier alpha value is -1.58. The van der Waals surface area contributed by atoms with Crippen LogP contribution in [0, 0.1) is 5.21 Å². The zero-order chi connectivity index (χ0) is 8.10. The van der Waals surface area contributed by atoms with E-state index in [1.54, 1.807) is 12.1 Å². The fraction of sp³-hybridized carbons (Fsp3) is 0.143. The van der Waals surface area contributed by atoms with Gasteiger partial charge in [0.2, 0.25) is 0 Å². The van der Waals surface area contributed by atoms with Crippen molar-refractivity contribution in [2.24, 2.45) is 0 Å². The predicted octanol–water partition coefficient (Wildman–Crippen LogP) is -0.0962. The van der Waals surface area contributed by atoms with Crippen LogP contribution < -0.4 is 4.73 Å². The van der Waals surface area contributed by atoms with Gasteiger partial charge in [-0.3, -0.25) is 0 Å². The number of ether oxygens (including phenoxy) is 1. The monoisotopic (exact) mass is 152 g/mol. The maximum atomic E-state index is 10.6. The first kappa shape index (κ1) is 7.53. The predicted molar refractivity (Wildman–Crippen MR) is 35.9 cm³/mol. The number of carbonyl (C=O) groups excluding carboxylic acids is 1. The number of pyridine rings is 1. The first-order valence-corrected chi connectivity index (χ1v) is 2.99. The molecule has 0 aromatic carbocycles. The van der Waals surface area contributed by atoms with Gasteiger partial charge in [-0.1, -0.05) is 0 Å². The summed E-state index contributed by atoms with van der Waals surface area (Å²) in [5.74, 6) is 0. The van der Waals surface area contributed by atoms with Gasteiger partial charge in [0.15, 0.2) is 12.4 Å². The third kappa shape index (κ3) is 2.25. The van der Waals surface area contributed by atoms with Crippen LogP contribution in [0.4, 0.5) is 0 Å². The highest BCUT2D eigenvalue weighted by Crippen LogP contribution is 1.94. The van der Waals surface area contributed by atoms with E-state index >= 15 is 0 Å². The molecule has 0 aliphatic rings. The van der Waals surface area contributed by atoms with Crippen LogP contribution in [-0.2, 0) is 16.1 Å². The van der Waals surface area contributed by atoms with Gasteiger partial charge in [0, 0.05) is 6.07 Å². The molecule has 1 aromatic heterocycles. The Morgan fingerprint density at radius 2 is 2.55 bits per heavy atom. The molecule has 0 aliphatic heterocycles. The summed E-state index contributed by atoms with van der Waals surface area (Å²) in [4.78, 5) is 9.63. The van der Waals surface area contributed by atoms with Crippen molar-refractivity contribution in [3.63, 3.8) is 0 Å². The summed E-state index contributed by atoms with van der Waals surface area (Å²) in [6, 6.07) is 3.27. The maximum absolute atomic E-state index is 10.6. The highest BCUT2D eigenvalue weighted by atomic mass is 16.5. The lowest BCUT2D eigenvalue weighted by Crippen LogP contribution is -2.24. The van der Waals surface area contributed by atoms with Crippen LogP contribution in [0.15, 0.2) is 24.5 Å². The minimum atomic E-state index is 0.0899. The lowest BCUT2D eigenvalue weighted by atomic mass is 10.3. The number of hydrogen-bond acceptors (Lipinski definition) is 3. The Kier molecular flexibility index (Phi) is 2.43. The first-order chi connectivity index (χ1) is 5.33. The van der Waals surface area contributed by atoms with Crippen LogP contribution in [-0.4, -0.2) is 6.47 Å². The van der Waals surface area contributed by atoms with E-state index < -0.39 is 0 Å². The molecule has 11 heavy (non-hydrogen) atoms. The van der Waals surface area contributed by atoms with Crippen molar-refractivity contribution in [3.8, 4) is 0 Å². The normalized spacial score (nSPS) is 9.09. The minimum Gasteiger partial charge on any atom is -0.619 e. The molecule has 1 radical (unpaired) electrons. The number of hydrogen-bond donors (Lipinski definition) is 0. The third-order valence-corrected chi connectivity index (χ3v) is 1.13. The molecule has 1 aromatic rings. The van der Waals surface area contributed by atoms with Crippen LogP contribution in [0.3, 0.4) is 0 Å². The van der Waals surface area contributed by atoms with E-state index in [2.05, 4.69) is 4.74 Å². The van der Waals surface area contributed by atoms with Crippen LogP contribution in [0.25, 0.3) is 0 Å². The van der Waals surface area contributed by atoms with Gasteiger partial charge in [0.25, 0.3) is 0 Å². The molecular weight excluding hydrogens is 146 g/mol. The third-order valence-electron chi connectivity index (χ3n) is 1.13. The Balaban J connectivity index is 2.63. The van der Waals surface area contributed by atoms with Gasteiger partial charge in [-0.05, 0) is 6.07 Å². The molecule has 0 saturated carbocycles. The molecule has 0 atom stereocenters. The summed E-state index contributed by atoms with van der Waals surface area (Å²) in [5.41, 5.74) is 0.644. The summed E-state index contributed by atoms with van der Waals surface area (Å²) in [7, 11) is 0. The van der Waals surface area contributed by atoms with E-state index in [-0.39, 0.29) is 6.61 Å². The molecule has 0 saturated heterocycles. The van der Waals surface area contributed by atoms with E-state index in [0.29, 0.717) is 10.3 Å². The Bertz CT molecular complexity index is 249. The highest BCUT2D eigenvalue weighted by molar-refractivity contribution is 5.38. The fourth-order valence-electron chi connectivity index (χ4n) is 0.699. The second-order valence-electron chi connectivity index (χ2n) is 1.94. The molecule has 0 N–H and O–H groups in total. The number of aromatic nitrogens is 1. The van der Waals surface area contributed by atoms with E-state index in [0.717, 1.165) is 0 Å². The maximum Gasteiger partial charge on any atom is 0.417 e. The second-order valence-corrected chi connectivity index (χ2v) is 1.94. The number of nitrogens with zero attached hydrogens (tertiary/aromatic N) is 1.